The molecule has 1 unspecified atom stereocenters. The Morgan fingerprint density at radius 1 is 1.00 bits per heavy atom. The minimum Gasteiger partial charge on any atom is -0.479 e. The SMILES string of the molecule is C/C(=C(/c1ccccc1)c1ccccc1C)C(OC(C)(C)C)C(=O)O. The van der Waals surface area contributed by atoms with E-state index in [2.05, 4.69) is 0 Å². The summed E-state index contributed by atoms with van der Waals surface area (Å²) in [5, 5.41) is 9.76. The molecule has 25 heavy (non-hydrogen) atoms. The molecular formula is C22H26O3. The third-order valence-corrected chi connectivity index (χ3v) is 3.96. The second-order valence-electron chi connectivity index (χ2n) is 7.19. The Kier molecular flexibility index (Phi) is 5.81. The van der Waals surface area contributed by atoms with E-state index in [0.29, 0.717) is 5.57 Å². The Balaban J connectivity index is 2.70. The zero-order valence-electron chi connectivity index (χ0n) is 15.5. The molecule has 0 bridgehead atoms. The number of hydrogen-bond acceptors (Lipinski definition) is 2. The lowest BCUT2D eigenvalue weighted by Crippen LogP contribution is -2.34. The molecule has 2 aromatic rings. The van der Waals surface area contributed by atoms with Crippen molar-refractivity contribution in [1.82, 2.24) is 0 Å². The van der Waals surface area contributed by atoms with Crippen LogP contribution in [0.3, 0.4) is 0 Å². The van der Waals surface area contributed by atoms with E-state index >= 15 is 0 Å². The minimum atomic E-state index is -1.00. The van der Waals surface area contributed by atoms with Gasteiger partial charge in [0.2, 0.25) is 0 Å². The molecular weight excluding hydrogens is 312 g/mol. The van der Waals surface area contributed by atoms with Gasteiger partial charge in [-0.1, -0.05) is 54.6 Å². The van der Waals surface area contributed by atoms with Crippen molar-refractivity contribution in [2.75, 3.05) is 0 Å². The number of carbonyl (C=O) groups is 1. The highest BCUT2D eigenvalue weighted by Gasteiger charge is 2.29. The molecule has 0 aliphatic carbocycles. The number of carboxylic acid groups (broad SMARTS) is 1. The van der Waals surface area contributed by atoms with Gasteiger partial charge >= 0.3 is 5.97 Å². The predicted molar refractivity (Wildman–Crippen MR) is 102 cm³/mol. The Morgan fingerprint density at radius 3 is 2.08 bits per heavy atom. The van der Waals surface area contributed by atoms with E-state index in [1.165, 1.54) is 0 Å². The first-order chi connectivity index (χ1) is 11.7. The number of carboxylic acids is 1. The van der Waals surface area contributed by atoms with E-state index in [0.717, 1.165) is 22.3 Å². The highest BCUT2D eigenvalue weighted by Crippen LogP contribution is 2.32. The molecule has 1 N–H and O–H groups in total. The van der Waals surface area contributed by atoms with Gasteiger partial charge in [-0.15, -0.1) is 0 Å². The van der Waals surface area contributed by atoms with Gasteiger partial charge in [-0.3, -0.25) is 0 Å². The fraction of sp³-hybridized carbons (Fsp3) is 0.318. The lowest BCUT2D eigenvalue weighted by Gasteiger charge is -2.27. The van der Waals surface area contributed by atoms with Gasteiger partial charge in [-0.2, -0.15) is 0 Å². The summed E-state index contributed by atoms with van der Waals surface area (Å²) in [5.41, 5.74) is 4.16. The molecule has 0 saturated heterocycles. The molecule has 0 fully saturated rings. The molecule has 0 saturated carbocycles. The van der Waals surface area contributed by atoms with Crippen LogP contribution in [0.5, 0.6) is 0 Å². The Morgan fingerprint density at radius 2 is 1.56 bits per heavy atom. The van der Waals surface area contributed by atoms with Crippen molar-refractivity contribution in [3.63, 3.8) is 0 Å². The van der Waals surface area contributed by atoms with Crippen molar-refractivity contribution in [3.8, 4) is 0 Å². The molecule has 0 heterocycles. The number of benzene rings is 2. The van der Waals surface area contributed by atoms with Crippen LogP contribution >= 0.6 is 0 Å². The van der Waals surface area contributed by atoms with Crippen molar-refractivity contribution >= 4 is 11.5 Å². The third kappa shape index (κ3) is 4.80. The molecule has 1 atom stereocenters. The normalized spacial score (nSPS) is 14.0. The average Bonchev–Trinajstić information content (AvgIpc) is 2.54. The molecule has 2 rings (SSSR count). The van der Waals surface area contributed by atoms with Crippen molar-refractivity contribution in [1.29, 1.82) is 0 Å². The van der Waals surface area contributed by atoms with Crippen molar-refractivity contribution < 1.29 is 14.6 Å². The van der Waals surface area contributed by atoms with Crippen LogP contribution in [0.2, 0.25) is 0 Å². The highest BCUT2D eigenvalue weighted by molar-refractivity contribution is 5.88. The van der Waals surface area contributed by atoms with E-state index in [1.54, 1.807) is 0 Å². The van der Waals surface area contributed by atoms with Gasteiger partial charge in [0.1, 0.15) is 0 Å². The van der Waals surface area contributed by atoms with Crippen molar-refractivity contribution in [2.24, 2.45) is 0 Å². The fourth-order valence-corrected chi connectivity index (χ4v) is 2.86. The number of hydrogen-bond donors (Lipinski definition) is 1. The molecule has 3 heteroatoms. The quantitative estimate of drug-likeness (QED) is 0.826. The molecule has 3 nitrogen and oxygen atoms in total. The van der Waals surface area contributed by atoms with Crippen molar-refractivity contribution in [2.45, 2.75) is 46.3 Å². The first-order valence-corrected chi connectivity index (χ1v) is 8.43. The standard InChI is InChI=1S/C22H26O3/c1-15-11-9-10-14-18(15)19(17-12-7-6-8-13-17)16(2)20(21(23)24)25-22(3,4)5/h6-14,20H,1-5H3,(H,23,24)/b19-16+. The van der Waals surface area contributed by atoms with E-state index in [4.69, 9.17) is 4.74 Å². The lowest BCUT2D eigenvalue weighted by atomic mass is 9.88. The average molecular weight is 338 g/mol. The van der Waals surface area contributed by atoms with E-state index < -0.39 is 17.7 Å². The van der Waals surface area contributed by atoms with Crippen LogP contribution in [-0.4, -0.2) is 22.8 Å². The van der Waals surface area contributed by atoms with E-state index in [1.807, 2.05) is 89.2 Å². The van der Waals surface area contributed by atoms with Crippen LogP contribution in [-0.2, 0) is 9.53 Å². The maximum Gasteiger partial charge on any atom is 0.337 e. The highest BCUT2D eigenvalue weighted by atomic mass is 16.5. The van der Waals surface area contributed by atoms with Crippen LogP contribution in [0.1, 0.15) is 44.4 Å². The summed E-state index contributed by atoms with van der Waals surface area (Å²) in [4.78, 5) is 11.9. The van der Waals surface area contributed by atoms with Gasteiger partial charge in [0.05, 0.1) is 5.60 Å². The molecule has 0 aliphatic rings. The summed E-state index contributed by atoms with van der Waals surface area (Å²) in [6.07, 6.45) is -1.00. The molecule has 0 spiro atoms. The first kappa shape index (κ1) is 18.9. The molecule has 0 aromatic heterocycles. The van der Waals surface area contributed by atoms with Gasteiger partial charge < -0.3 is 9.84 Å². The summed E-state index contributed by atoms with van der Waals surface area (Å²) in [5.74, 6) is -0.977. The number of aliphatic carboxylic acids is 1. The van der Waals surface area contributed by atoms with Crippen LogP contribution in [0.4, 0.5) is 0 Å². The molecule has 0 aliphatic heterocycles. The molecule has 0 amide bonds. The summed E-state index contributed by atoms with van der Waals surface area (Å²) >= 11 is 0. The van der Waals surface area contributed by atoms with Crippen LogP contribution in [0, 0.1) is 6.92 Å². The monoisotopic (exact) mass is 338 g/mol. The van der Waals surface area contributed by atoms with Crippen LogP contribution in [0.15, 0.2) is 60.2 Å². The second kappa shape index (κ2) is 7.66. The van der Waals surface area contributed by atoms with Gasteiger partial charge in [-0.25, -0.2) is 4.79 Å². The van der Waals surface area contributed by atoms with Gasteiger partial charge in [-0.05, 0) is 62.5 Å². The minimum absolute atomic E-state index is 0.558. The maximum atomic E-state index is 11.9. The molecule has 0 radical (unpaired) electrons. The van der Waals surface area contributed by atoms with E-state index in [-0.39, 0.29) is 0 Å². The Hall–Kier alpha value is -2.39. The van der Waals surface area contributed by atoms with Gasteiger partial charge in [0.25, 0.3) is 0 Å². The summed E-state index contributed by atoms with van der Waals surface area (Å²) in [6, 6.07) is 17.9. The van der Waals surface area contributed by atoms with Crippen molar-refractivity contribution in [3.05, 3.63) is 76.9 Å². The van der Waals surface area contributed by atoms with Crippen LogP contribution < -0.4 is 0 Å². The van der Waals surface area contributed by atoms with Gasteiger partial charge in [0, 0.05) is 0 Å². The number of aryl methyl sites for hydroxylation is 1. The topological polar surface area (TPSA) is 46.5 Å². The van der Waals surface area contributed by atoms with Crippen LogP contribution in [0.25, 0.3) is 5.57 Å². The zero-order chi connectivity index (χ0) is 18.6. The number of ether oxygens (including phenoxy) is 1. The first-order valence-electron chi connectivity index (χ1n) is 8.43. The third-order valence-electron chi connectivity index (χ3n) is 3.96. The second-order valence-corrected chi connectivity index (χ2v) is 7.19. The number of rotatable bonds is 5. The Bertz CT molecular complexity index is 767. The summed E-state index contributed by atoms with van der Waals surface area (Å²) in [7, 11) is 0. The van der Waals surface area contributed by atoms with Gasteiger partial charge in [0.15, 0.2) is 6.10 Å². The summed E-state index contributed by atoms with van der Waals surface area (Å²) in [6.45, 7) is 9.48. The summed E-state index contributed by atoms with van der Waals surface area (Å²) < 4.78 is 5.87. The predicted octanol–water partition coefficient (Wildman–Crippen LogP) is 5.09. The Labute approximate surface area is 150 Å². The maximum absolute atomic E-state index is 11.9. The largest absolute Gasteiger partial charge is 0.479 e. The van der Waals surface area contributed by atoms with E-state index in [9.17, 15) is 9.90 Å². The zero-order valence-corrected chi connectivity index (χ0v) is 15.5. The fourth-order valence-electron chi connectivity index (χ4n) is 2.86. The smallest absolute Gasteiger partial charge is 0.337 e. The molecule has 132 valence electrons. The molecule has 2 aromatic carbocycles. The lowest BCUT2D eigenvalue weighted by molar-refractivity contribution is -0.155.